The Labute approximate surface area is 126 Å². The minimum atomic E-state index is -0.970. The van der Waals surface area contributed by atoms with Gasteiger partial charge in [0.1, 0.15) is 17.0 Å². The van der Waals surface area contributed by atoms with Crippen LogP contribution in [-0.4, -0.2) is 30.8 Å². The van der Waals surface area contributed by atoms with Crippen LogP contribution in [0.25, 0.3) is 0 Å². The molecule has 0 spiro atoms. The first-order chi connectivity index (χ1) is 9.87. The molecule has 0 bridgehead atoms. The Hall–Kier alpha value is -1.75. The van der Waals surface area contributed by atoms with Gasteiger partial charge < -0.3 is 14.6 Å². The largest absolute Gasteiger partial charge is 0.497 e. The number of hydrogen-bond donors (Lipinski definition) is 2. The predicted octanol–water partition coefficient (Wildman–Crippen LogP) is 3.00. The lowest BCUT2D eigenvalue weighted by atomic mass is 9.93. The number of carbonyl (C=O) groups is 1. The Kier molecular flexibility index (Phi) is 6.03. The Morgan fingerprint density at radius 2 is 2.05 bits per heavy atom. The van der Waals surface area contributed by atoms with Crippen molar-refractivity contribution in [3.05, 3.63) is 23.8 Å². The summed E-state index contributed by atoms with van der Waals surface area (Å²) in [6, 6.07) is 5.33. The fourth-order valence-electron chi connectivity index (χ4n) is 2.47. The number of rotatable bonds is 8. The molecule has 0 saturated carbocycles. The fourth-order valence-corrected chi connectivity index (χ4v) is 2.47. The molecule has 2 unspecified atom stereocenters. The second kappa shape index (κ2) is 7.31. The number of methoxy groups -OCH3 is 2. The van der Waals surface area contributed by atoms with E-state index in [4.69, 9.17) is 9.47 Å². The van der Waals surface area contributed by atoms with E-state index in [-0.39, 0.29) is 6.04 Å². The highest BCUT2D eigenvalue weighted by molar-refractivity contribution is 5.78. The number of nitrogens with one attached hydrogen (secondary N) is 1. The number of hydrogen-bond acceptors (Lipinski definition) is 4. The van der Waals surface area contributed by atoms with Crippen LogP contribution in [0.3, 0.4) is 0 Å². The maximum absolute atomic E-state index is 11.5. The van der Waals surface area contributed by atoms with E-state index in [9.17, 15) is 9.90 Å². The van der Waals surface area contributed by atoms with E-state index >= 15 is 0 Å². The van der Waals surface area contributed by atoms with Gasteiger partial charge in [-0.05, 0) is 38.5 Å². The average molecular weight is 295 g/mol. The van der Waals surface area contributed by atoms with Gasteiger partial charge in [0.15, 0.2) is 0 Å². The number of carboxylic acid groups (broad SMARTS) is 1. The maximum atomic E-state index is 11.5. The summed E-state index contributed by atoms with van der Waals surface area (Å²) in [5.74, 6) is 0.574. The lowest BCUT2D eigenvalue weighted by Gasteiger charge is -2.30. The minimum absolute atomic E-state index is 0.178. The van der Waals surface area contributed by atoms with Crippen molar-refractivity contribution < 1.29 is 19.4 Å². The summed E-state index contributed by atoms with van der Waals surface area (Å²) < 4.78 is 10.6. The van der Waals surface area contributed by atoms with Crippen LogP contribution < -0.4 is 14.8 Å². The van der Waals surface area contributed by atoms with Crippen molar-refractivity contribution in [2.24, 2.45) is 0 Å². The molecule has 0 radical (unpaired) electrons. The number of ether oxygens (including phenoxy) is 2. The molecule has 118 valence electrons. The molecule has 1 aromatic carbocycles. The van der Waals surface area contributed by atoms with Gasteiger partial charge >= 0.3 is 5.97 Å². The zero-order chi connectivity index (χ0) is 16.0. The second-order valence-electron chi connectivity index (χ2n) is 5.36. The molecule has 1 rings (SSSR count). The lowest BCUT2D eigenvalue weighted by molar-refractivity contribution is -0.144. The van der Waals surface area contributed by atoms with Gasteiger partial charge in [-0.2, -0.15) is 0 Å². The highest BCUT2D eigenvalue weighted by atomic mass is 16.5. The molecule has 5 heteroatoms. The molecule has 2 N–H and O–H groups in total. The summed E-state index contributed by atoms with van der Waals surface area (Å²) in [6.45, 7) is 5.61. The zero-order valence-electron chi connectivity index (χ0n) is 13.4. The van der Waals surface area contributed by atoms with Crippen LogP contribution in [0.4, 0.5) is 0 Å². The summed E-state index contributed by atoms with van der Waals surface area (Å²) in [4.78, 5) is 11.5. The van der Waals surface area contributed by atoms with Crippen molar-refractivity contribution in [1.82, 2.24) is 5.32 Å². The van der Waals surface area contributed by atoms with Gasteiger partial charge in [-0.25, -0.2) is 0 Å². The SMILES string of the molecule is CCCC(C)(NC(C)c1cc(OC)ccc1OC)C(=O)O. The molecule has 0 fully saturated rings. The first kappa shape index (κ1) is 17.3. The molecule has 21 heavy (non-hydrogen) atoms. The fraction of sp³-hybridized carbons (Fsp3) is 0.562. The summed E-state index contributed by atoms with van der Waals surface area (Å²) >= 11 is 0. The van der Waals surface area contributed by atoms with Crippen molar-refractivity contribution in [2.75, 3.05) is 14.2 Å². The van der Waals surface area contributed by atoms with Gasteiger partial charge in [0.05, 0.1) is 14.2 Å². The minimum Gasteiger partial charge on any atom is -0.497 e. The van der Waals surface area contributed by atoms with Gasteiger partial charge in [-0.3, -0.25) is 10.1 Å². The second-order valence-corrected chi connectivity index (χ2v) is 5.36. The van der Waals surface area contributed by atoms with Crippen LogP contribution in [0.2, 0.25) is 0 Å². The predicted molar refractivity (Wildman–Crippen MR) is 82.0 cm³/mol. The molecule has 0 aliphatic rings. The molecular weight excluding hydrogens is 270 g/mol. The zero-order valence-corrected chi connectivity index (χ0v) is 13.4. The molecule has 0 saturated heterocycles. The third-order valence-corrected chi connectivity index (χ3v) is 3.66. The molecule has 0 aromatic heterocycles. The molecule has 5 nitrogen and oxygen atoms in total. The van der Waals surface area contributed by atoms with Gasteiger partial charge in [0.2, 0.25) is 0 Å². The molecule has 0 aliphatic heterocycles. The van der Waals surface area contributed by atoms with Crippen molar-refractivity contribution in [3.63, 3.8) is 0 Å². The van der Waals surface area contributed by atoms with E-state index in [2.05, 4.69) is 5.32 Å². The average Bonchev–Trinajstić information content (AvgIpc) is 2.46. The van der Waals surface area contributed by atoms with Gasteiger partial charge in [-0.1, -0.05) is 13.3 Å². The van der Waals surface area contributed by atoms with E-state index < -0.39 is 11.5 Å². The Bertz CT molecular complexity index is 489. The molecule has 0 amide bonds. The van der Waals surface area contributed by atoms with E-state index in [1.165, 1.54) is 0 Å². The Balaban J connectivity index is 3.06. The monoisotopic (exact) mass is 295 g/mol. The lowest BCUT2D eigenvalue weighted by Crippen LogP contribution is -2.50. The van der Waals surface area contributed by atoms with E-state index in [0.29, 0.717) is 17.9 Å². The van der Waals surface area contributed by atoms with Gasteiger partial charge in [0.25, 0.3) is 0 Å². The summed E-state index contributed by atoms with van der Waals surface area (Å²) in [5.41, 5.74) is -0.0946. The van der Waals surface area contributed by atoms with Crippen molar-refractivity contribution in [1.29, 1.82) is 0 Å². The number of aliphatic carboxylic acids is 1. The maximum Gasteiger partial charge on any atom is 0.323 e. The quantitative estimate of drug-likeness (QED) is 0.771. The third kappa shape index (κ3) is 4.11. The van der Waals surface area contributed by atoms with Crippen LogP contribution in [0.1, 0.15) is 45.2 Å². The van der Waals surface area contributed by atoms with Crippen molar-refractivity contribution in [2.45, 2.75) is 45.2 Å². The van der Waals surface area contributed by atoms with Crippen molar-refractivity contribution in [3.8, 4) is 11.5 Å². The van der Waals surface area contributed by atoms with Crippen LogP contribution in [0, 0.1) is 0 Å². The molecule has 1 aromatic rings. The summed E-state index contributed by atoms with van der Waals surface area (Å²) in [7, 11) is 3.20. The van der Waals surface area contributed by atoms with Gasteiger partial charge in [-0.15, -0.1) is 0 Å². The first-order valence-corrected chi connectivity index (χ1v) is 7.11. The topological polar surface area (TPSA) is 67.8 Å². The molecule has 0 heterocycles. The van der Waals surface area contributed by atoms with E-state index in [0.717, 1.165) is 12.0 Å². The Morgan fingerprint density at radius 3 is 2.52 bits per heavy atom. The molecule has 2 atom stereocenters. The first-order valence-electron chi connectivity index (χ1n) is 7.11. The summed E-state index contributed by atoms with van der Waals surface area (Å²) in [5, 5.41) is 12.7. The number of benzene rings is 1. The molecule has 0 aliphatic carbocycles. The van der Waals surface area contributed by atoms with Crippen LogP contribution >= 0.6 is 0 Å². The van der Waals surface area contributed by atoms with Crippen LogP contribution in [0.15, 0.2) is 18.2 Å². The van der Waals surface area contributed by atoms with Crippen LogP contribution in [-0.2, 0) is 4.79 Å². The highest BCUT2D eigenvalue weighted by Crippen LogP contribution is 2.31. The highest BCUT2D eigenvalue weighted by Gasteiger charge is 2.34. The van der Waals surface area contributed by atoms with E-state index in [1.54, 1.807) is 21.1 Å². The van der Waals surface area contributed by atoms with Crippen molar-refractivity contribution >= 4 is 5.97 Å². The molecular formula is C16H25NO4. The van der Waals surface area contributed by atoms with Crippen LogP contribution in [0.5, 0.6) is 11.5 Å². The normalized spacial score (nSPS) is 15.1. The standard InChI is InChI=1S/C16H25NO4/c1-6-9-16(3,15(18)19)17-11(2)13-10-12(20-4)7-8-14(13)21-5/h7-8,10-11,17H,6,9H2,1-5H3,(H,18,19). The smallest absolute Gasteiger partial charge is 0.323 e. The summed E-state index contributed by atoms with van der Waals surface area (Å²) in [6.07, 6.45) is 1.34. The van der Waals surface area contributed by atoms with E-state index in [1.807, 2.05) is 32.0 Å². The Morgan fingerprint density at radius 1 is 1.38 bits per heavy atom. The number of carboxylic acids is 1. The third-order valence-electron chi connectivity index (χ3n) is 3.66. The van der Waals surface area contributed by atoms with Gasteiger partial charge in [0, 0.05) is 11.6 Å².